The van der Waals surface area contributed by atoms with Crippen LogP contribution >= 0.6 is 11.6 Å². The fourth-order valence-corrected chi connectivity index (χ4v) is 4.46. The maximum absolute atomic E-state index is 12.7. The Morgan fingerprint density at radius 3 is 2.48 bits per heavy atom. The maximum atomic E-state index is 12.7. The Kier molecular flexibility index (Phi) is 6.28. The van der Waals surface area contributed by atoms with E-state index in [4.69, 9.17) is 21.4 Å². The number of rotatable bonds is 5. The van der Waals surface area contributed by atoms with Gasteiger partial charge in [0, 0.05) is 41.8 Å². The van der Waals surface area contributed by atoms with Gasteiger partial charge >= 0.3 is 5.97 Å². The Hall–Kier alpha value is -2.86. The second kappa shape index (κ2) is 9.10. The van der Waals surface area contributed by atoms with E-state index in [1.165, 1.54) is 7.11 Å². The molecule has 1 aliphatic heterocycles. The fraction of sp³-hybridized carbons (Fsp3) is 0.375. The Morgan fingerprint density at radius 2 is 1.84 bits per heavy atom. The summed E-state index contributed by atoms with van der Waals surface area (Å²) in [7, 11) is 1.40. The summed E-state index contributed by atoms with van der Waals surface area (Å²) in [6.45, 7) is 4.31. The molecule has 0 bridgehead atoms. The maximum Gasteiger partial charge on any atom is 0.338 e. The number of halogens is 1. The standard InChI is InChI=1S/C24H26ClN3O3/c1-3-19-20(24(30)31-2)8-9-22-21(19)15-28(26-22)14-16-10-12-27(13-11-16)23(29)17-4-6-18(25)7-5-17/h4-9,15-16H,3,10-14H2,1-2H3. The number of aryl methyl sites for hydroxylation is 1. The van der Waals surface area contributed by atoms with Crippen LogP contribution in [-0.2, 0) is 17.7 Å². The molecule has 6 nitrogen and oxygen atoms in total. The molecule has 0 N–H and O–H groups in total. The molecular weight excluding hydrogens is 414 g/mol. The minimum absolute atomic E-state index is 0.0582. The molecule has 0 spiro atoms. The molecule has 0 radical (unpaired) electrons. The van der Waals surface area contributed by atoms with Crippen LogP contribution in [0.2, 0.25) is 5.02 Å². The molecule has 1 saturated heterocycles. The number of carbonyl (C=O) groups is 2. The van der Waals surface area contributed by atoms with Crippen LogP contribution in [0.3, 0.4) is 0 Å². The quantitative estimate of drug-likeness (QED) is 0.545. The van der Waals surface area contributed by atoms with Crippen molar-refractivity contribution in [3.05, 3.63) is 64.3 Å². The van der Waals surface area contributed by atoms with Crippen LogP contribution in [0.25, 0.3) is 10.9 Å². The van der Waals surface area contributed by atoms with E-state index in [2.05, 4.69) is 0 Å². The van der Waals surface area contributed by atoms with Crippen LogP contribution in [-0.4, -0.2) is 46.8 Å². The lowest BCUT2D eigenvalue weighted by atomic mass is 9.96. The first kappa shape index (κ1) is 21.4. The number of carbonyl (C=O) groups excluding carboxylic acids is 2. The molecule has 1 aromatic heterocycles. The number of hydrogen-bond donors (Lipinski definition) is 0. The lowest BCUT2D eigenvalue weighted by Gasteiger charge is -2.32. The third-order valence-corrected chi connectivity index (χ3v) is 6.30. The zero-order valence-electron chi connectivity index (χ0n) is 17.8. The smallest absolute Gasteiger partial charge is 0.338 e. The average Bonchev–Trinajstić information content (AvgIpc) is 3.21. The number of methoxy groups -OCH3 is 1. The highest BCUT2D eigenvalue weighted by atomic mass is 35.5. The van der Waals surface area contributed by atoms with Gasteiger partial charge in [0.1, 0.15) is 0 Å². The van der Waals surface area contributed by atoms with Crippen molar-refractivity contribution in [3.8, 4) is 0 Å². The molecule has 1 fully saturated rings. The molecule has 1 amide bonds. The van der Waals surface area contributed by atoms with Crippen molar-refractivity contribution in [2.75, 3.05) is 20.2 Å². The summed E-state index contributed by atoms with van der Waals surface area (Å²) in [4.78, 5) is 26.7. The number of esters is 1. The summed E-state index contributed by atoms with van der Waals surface area (Å²) in [5.41, 5.74) is 3.14. The Balaban J connectivity index is 1.43. The second-order valence-corrected chi connectivity index (χ2v) is 8.40. The van der Waals surface area contributed by atoms with E-state index in [0.29, 0.717) is 22.1 Å². The lowest BCUT2D eigenvalue weighted by Crippen LogP contribution is -2.39. The van der Waals surface area contributed by atoms with Crippen LogP contribution in [0.15, 0.2) is 42.6 Å². The van der Waals surface area contributed by atoms with Crippen molar-refractivity contribution >= 4 is 34.4 Å². The molecular formula is C24H26ClN3O3. The minimum atomic E-state index is -0.316. The first-order valence-corrected chi connectivity index (χ1v) is 11.0. The molecule has 0 aliphatic carbocycles. The molecule has 0 unspecified atom stereocenters. The number of hydrogen-bond acceptors (Lipinski definition) is 4. The number of nitrogens with zero attached hydrogens (tertiary/aromatic N) is 3. The summed E-state index contributed by atoms with van der Waals surface area (Å²) in [5.74, 6) is 0.195. The van der Waals surface area contributed by atoms with Crippen molar-refractivity contribution < 1.29 is 14.3 Å². The third-order valence-electron chi connectivity index (χ3n) is 6.05. The first-order valence-electron chi connectivity index (χ1n) is 10.6. The third kappa shape index (κ3) is 4.44. The van der Waals surface area contributed by atoms with E-state index < -0.39 is 0 Å². The number of fused-ring (bicyclic) bond motifs is 1. The van der Waals surface area contributed by atoms with E-state index in [1.54, 1.807) is 30.3 Å². The number of ether oxygens (including phenoxy) is 1. The summed E-state index contributed by atoms with van der Waals surface area (Å²) >= 11 is 5.92. The lowest BCUT2D eigenvalue weighted by molar-refractivity contribution is 0.0599. The van der Waals surface area contributed by atoms with E-state index >= 15 is 0 Å². The summed E-state index contributed by atoms with van der Waals surface area (Å²) in [6.07, 6.45) is 4.64. The van der Waals surface area contributed by atoms with Gasteiger partial charge in [-0.1, -0.05) is 18.5 Å². The summed E-state index contributed by atoms with van der Waals surface area (Å²) in [5, 5.41) is 6.36. The van der Waals surface area contributed by atoms with Crippen LogP contribution < -0.4 is 0 Å². The molecule has 4 rings (SSSR count). The van der Waals surface area contributed by atoms with E-state index in [0.717, 1.165) is 55.4 Å². The summed E-state index contributed by atoms with van der Waals surface area (Å²) in [6, 6.07) is 10.7. The Labute approximate surface area is 186 Å². The van der Waals surface area contributed by atoms with E-state index in [9.17, 15) is 9.59 Å². The van der Waals surface area contributed by atoms with Crippen LogP contribution in [0.5, 0.6) is 0 Å². The number of piperidine rings is 1. The number of benzene rings is 2. The number of amides is 1. The minimum Gasteiger partial charge on any atom is -0.465 e. The Bertz CT molecular complexity index is 1100. The van der Waals surface area contributed by atoms with Crippen LogP contribution in [0, 0.1) is 5.92 Å². The molecule has 2 heterocycles. The second-order valence-electron chi connectivity index (χ2n) is 7.96. The zero-order valence-corrected chi connectivity index (χ0v) is 18.6. The van der Waals surface area contributed by atoms with Gasteiger partial charge in [-0.25, -0.2) is 4.79 Å². The van der Waals surface area contributed by atoms with E-state index in [1.807, 2.05) is 28.8 Å². The molecule has 7 heteroatoms. The predicted molar refractivity (Wildman–Crippen MR) is 121 cm³/mol. The fourth-order valence-electron chi connectivity index (χ4n) is 4.33. The molecule has 2 aromatic carbocycles. The highest BCUT2D eigenvalue weighted by Gasteiger charge is 2.24. The van der Waals surface area contributed by atoms with Gasteiger partial charge in [-0.3, -0.25) is 9.48 Å². The number of aromatic nitrogens is 2. The van der Waals surface area contributed by atoms with Gasteiger partial charge in [-0.15, -0.1) is 0 Å². The number of likely N-dealkylation sites (tertiary alicyclic amines) is 1. The predicted octanol–water partition coefficient (Wildman–Crippen LogP) is 4.59. The molecule has 0 saturated carbocycles. The van der Waals surface area contributed by atoms with Crippen molar-refractivity contribution in [2.45, 2.75) is 32.7 Å². The first-order chi connectivity index (χ1) is 15.0. The SMILES string of the molecule is CCc1c(C(=O)OC)ccc2nn(CC3CCN(C(=O)c4ccc(Cl)cc4)CC3)cc12. The van der Waals surface area contributed by atoms with Crippen molar-refractivity contribution in [3.63, 3.8) is 0 Å². The average molecular weight is 440 g/mol. The van der Waals surface area contributed by atoms with Gasteiger partial charge < -0.3 is 9.64 Å². The normalized spacial score (nSPS) is 14.7. The monoisotopic (exact) mass is 439 g/mol. The van der Waals surface area contributed by atoms with Crippen molar-refractivity contribution in [1.82, 2.24) is 14.7 Å². The van der Waals surface area contributed by atoms with Gasteiger partial charge in [-0.2, -0.15) is 5.10 Å². The topological polar surface area (TPSA) is 64.4 Å². The molecule has 31 heavy (non-hydrogen) atoms. The van der Waals surface area contributed by atoms with Gasteiger partial charge in [-0.05, 0) is 67.1 Å². The van der Waals surface area contributed by atoms with Crippen LogP contribution in [0.4, 0.5) is 0 Å². The van der Waals surface area contributed by atoms with Gasteiger partial charge in [0.15, 0.2) is 0 Å². The van der Waals surface area contributed by atoms with Gasteiger partial charge in [0.2, 0.25) is 0 Å². The van der Waals surface area contributed by atoms with Gasteiger partial charge in [0.05, 0.1) is 18.2 Å². The molecule has 162 valence electrons. The summed E-state index contributed by atoms with van der Waals surface area (Å²) < 4.78 is 6.90. The van der Waals surface area contributed by atoms with Gasteiger partial charge in [0.25, 0.3) is 5.91 Å². The largest absolute Gasteiger partial charge is 0.465 e. The molecule has 3 aromatic rings. The highest BCUT2D eigenvalue weighted by Crippen LogP contribution is 2.26. The zero-order chi connectivity index (χ0) is 22.0. The molecule has 1 aliphatic rings. The molecule has 0 atom stereocenters. The van der Waals surface area contributed by atoms with E-state index in [-0.39, 0.29) is 11.9 Å². The highest BCUT2D eigenvalue weighted by molar-refractivity contribution is 6.30. The Morgan fingerprint density at radius 1 is 1.13 bits per heavy atom. The van der Waals surface area contributed by atoms with Crippen LogP contribution in [0.1, 0.15) is 46.0 Å². The van der Waals surface area contributed by atoms with Crippen molar-refractivity contribution in [2.24, 2.45) is 5.92 Å². The van der Waals surface area contributed by atoms with Crippen molar-refractivity contribution in [1.29, 1.82) is 0 Å².